The van der Waals surface area contributed by atoms with Crippen LogP contribution in [0.2, 0.25) is 0 Å². The van der Waals surface area contributed by atoms with E-state index in [9.17, 15) is 14.4 Å². The van der Waals surface area contributed by atoms with Crippen LogP contribution >= 0.6 is 11.3 Å². The second kappa shape index (κ2) is 10.2. The molecule has 2 heterocycles. The number of aromatic nitrogens is 1. The quantitative estimate of drug-likeness (QED) is 0.470. The van der Waals surface area contributed by atoms with Crippen molar-refractivity contribution in [3.05, 3.63) is 90.1 Å². The van der Waals surface area contributed by atoms with E-state index in [1.54, 1.807) is 62.6 Å². The van der Waals surface area contributed by atoms with E-state index in [1.807, 2.05) is 0 Å². The first-order valence-corrected chi connectivity index (χ1v) is 11.7. The second-order valence-electron chi connectivity index (χ2n) is 7.79. The van der Waals surface area contributed by atoms with E-state index in [4.69, 9.17) is 18.9 Å². The molecule has 0 amide bonds. The standard InChI is InChI=1S/C26H24N2O7S/c1-14-21(25(31)35-5)22(15-6-8-16(9-7-15)24(30)34-4)28-23(29)20(36-26(28)27-14)12-17-10-11-18(32-2)13-19(17)33-3/h6-13,22H,1-5H3. The van der Waals surface area contributed by atoms with E-state index in [2.05, 4.69) is 4.99 Å². The minimum atomic E-state index is -0.791. The zero-order valence-electron chi connectivity index (χ0n) is 20.4. The van der Waals surface area contributed by atoms with Crippen LogP contribution < -0.4 is 24.4 Å². The molecule has 0 aliphatic carbocycles. The summed E-state index contributed by atoms with van der Waals surface area (Å²) in [4.78, 5) is 43.3. The first kappa shape index (κ1) is 24.9. The molecule has 0 N–H and O–H groups in total. The number of thiazole rings is 1. The molecule has 0 saturated heterocycles. The molecule has 4 rings (SSSR count). The normalized spacial score (nSPS) is 15.1. The van der Waals surface area contributed by atoms with Gasteiger partial charge in [0.05, 0.1) is 55.8 Å². The van der Waals surface area contributed by atoms with Crippen molar-refractivity contribution in [2.45, 2.75) is 13.0 Å². The van der Waals surface area contributed by atoms with Crippen molar-refractivity contribution in [1.29, 1.82) is 0 Å². The van der Waals surface area contributed by atoms with E-state index in [-0.39, 0.29) is 11.1 Å². The van der Waals surface area contributed by atoms with Gasteiger partial charge >= 0.3 is 11.9 Å². The number of ether oxygens (including phenoxy) is 4. The van der Waals surface area contributed by atoms with Crippen LogP contribution in [0.25, 0.3) is 6.08 Å². The third kappa shape index (κ3) is 4.42. The molecular weight excluding hydrogens is 484 g/mol. The number of esters is 2. The van der Waals surface area contributed by atoms with Crippen LogP contribution in [0.5, 0.6) is 11.5 Å². The third-order valence-corrected chi connectivity index (χ3v) is 6.78. The topological polar surface area (TPSA) is 105 Å². The number of methoxy groups -OCH3 is 4. The molecule has 0 fully saturated rings. The number of benzene rings is 2. The Hall–Kier alpha value is -4.18. The van der Waals surface area contributed by atoms with E-state index in [1.165, 1.54) is 37.2 Å². The van der Waals surface area contributed by atoms with Crippen molar-refractivity contribution >= 4 is 29.4 Å². The second-order valence-corrected chi connectivity index (χ2v) is 8.80. The van der Waals surface area contributed by atoms with Gasteiger partial charge in [-0.1, -0.05) is 23.5 Å². The van der Waals surface area contributed by atoms with Gasteiger partial charge < -0.3 is 18.9 Å². The van der Waals surface area contributed by atoms with Crippen LogP contribution in [0, 0.1) is 0 Å². The molecule has 9 nitrogen and oxygen atoms in total. The number of hydrogen-bond donors (Lipinski definition) is 0. The Kier molecular flexibility index (Phi) is 7.07. The SMILES string of the molecule is COC(=O)C1=C(C)N=c2sc(=Cc3ccc(OC)cc3OC)c(=O)n2C1c1ccc(C(=O)OC)cc1. The summed E-state index contributed by atoms with van der Waals surface area (Å²) in [6.45, 7) is 1.70. The lowest BCUT2D eigenvalue weighted by Gasteiger charge is -2.24. The van der Waals surface area contributed by atoms with Crippen LogP contribution in [-0.2, 0) is 14.3 Å². The smallest absolute Gasteiger partial charge is 0.338 e. The van der Waals surface area contributed by atoms with Gasteiger partial charge in [0.2, 0.25) is 0 Å². The Morgan fingerprint density at radius 2 is 1.67 bits per heavy atom. The minimum Gasteiger partial charge on any atom is -0.497 e. The van der Waals surface area contributed by atoms with Gasteiger partial charge in [0, 0.05) is 11.6 Å². The highest BCUT2D eigenvalue weighted by Gasteiger charge is 2.33. The Bertz CT molecular complexity index is 1550. The molecular formula is C26H24N2O7S. The molecule has 1 unspecified atom stereocenters. The summed E-state index contributed by atoms with van der Waals surface area (Å²) in [5.74, 6) is 0.0870. The van der Waals surface area contributed by atoms with Crippen molar-refractivity contribution in [3.8, 4) is 11.5 Å². The minimum absolute atomic E-state index is 0.240. The maximum Gasteiger partial charge on any atom is 0.338 e. The number of allylic oxidation sites excluding steroid dienone is 1. The van der Waals surface area contributed by atoms with Gasteiger partial charge in [-0.3, -0.25) is 9.36 Å². The molecule has 2 aromatic carbocycles. The molecule has 10 heteroatoms. The highest BCUT2D eigenvalue weighted by Crippen LogP contribution is 2.31. The van der Waals surface area contributed by atoms with Gasteiger partial charge in [0.25, 0.3) is 5.56 Å². The number of nitrogens with zero attached hydrogens (tertiary/aromatic N) is 2. The van der Waals surface area contributed by atoms with Crippen molar-refractivity contribution in [2.75, 3.05) is 28.4 Å². The summed E-state index contributed by atoms with van der Waals surface area (Å²) in [5, 5.41) is 0. The lowest BCUT2D eigenvalue weighted by Crippen LogP contribution is -2.39. The highest BCUT2D eigenvalue weighted by molar-refractivity contribution is 7.07. The van der Waals surface area contributed by atoms with Gasteiger partial charge in [-0.25, -0.2) is 14.6 Å². The molecule has 0 spiro atoms. The predicted molar refractivity (Wildman–Crippen MR) is 133 cm³/mol. The fraction of sp³-hybridized carbons (Fsp3) is 0.231. The maximum absolute atomic E-state index is 13.7. The Balaban J connectivity index is 1.93. The van der Waals surface area contributed by atoms with Crippen molar-refractivity contribution in [2.24, 2.45) is 4.99 Å². The summed E-state index contributed by atoms with van der Waals surface area (Å²) in [7, 11) is 5.68. The van der Waals surface area contributed by atoms with E-state index in [0.717, 1.165) is 0 Å². The average Bonchev–Trinajstić information content (AvgIpc) is 3.21. The molecule has 1 aliphatic rings. The molecule has 1 aromatic heterocycles. The van der Waals surface area contributed by atoms with E-state index in [0.29, 0.717) is 43.2 Å². The summed E-state index contributed by atoms with van der Waals surface area (Å²) in [5.41, 5.74) is 2.01. The molecule has 186 valence electrons. The molecule has 3 aromatic rings. The summed E-state index contributed by atoms with van der Waals surface area (Å²) >= 11 is 1.20. The monoisotopic (exact) mass is 508 g/mol. The lowest BCUT2D eigenvalue weighted by molar-refractivity contribution is -0.136. The molecule has 1 atom stereocenters. The fourth-order valence-electron chi connectivity index (χ4n) is 4.01. The summed E-state index contributed by atoms with van der Waals surface area (Å²) in [6.07, 6.45) is 1.72. The number of carbonyl (C=O) groups is 2. The van der Waals surface area contributed by atoms with Gasteiger partial charge in [-0.05, 0) is 42.8 Å². The van der Waals surface area contributed by atoms with Gasteiger partial charge in [0.15, 0.2) is 4.80 Å². The van der Waals surface area contributed by atoms with Crippen LogP contribution in [0.15, 0.2) is 63.5 Å². The Morgan fingerprint density at radius 3 is 2.28 bits per heavy atom. The fourth-order valence-corrected chi connectivity index (χ4v) is 5.04. The van der Waals surface area contributed by atoms with Gasteiger partial charge in [0.1, 0.15) is 11.5 Å². The number of fused-ring (bicyclic) bond motifs is 1. The maximum atomic E-state index is 13.7. The van der Waals surface area contributed by atoms with E-state index >= 15 is 0 Å². The van der Waals surface area contributed by atoms with Crippen LogP contribution in [0.3, 0.4) is 0 Å². The first-order valence-electron chi connectivity index (χ1n) is 10.8. The van der Waals surface area contributed by atoms with Crippen molar-refractivity contribution < 1.29 is 28.5 Å². The summed E-state index contributed by atoms with van der Waals surface area (Å²) < 4.78 is 22.4. The van der Waals surface area contributed by atoms with E-state index < -0.39 is 18.0 Å². The molecule has 36 heavy (non-hydrogen) atoms. The zero-order chi connectivity index (χ0) is 26.0. The predicted octanol–water partition coefficient (Wildman–Crippen LogP) is 2.21. The van der Waals surface area contributed by atoms with Gasteiger partial charge in [-0.2, -0.15) is 0 Å². The summed E-state index contributed by atoms with van der Waals surface area (Å²) in [6, 6.07) is 11.0. The van der Waals surface area contributed by atoms with Crippen molar-refractivity contribution in [1.82, 2.24) is 4.57 Å². The molecule has 0 saturated carbocycles. The molecule has 1 aliphatic heterocycles. The molecule has 0 bridgehead atoms. The lowest BCUT2D eigenvalue weighted by atomic mass is 9.95. The van der Waals surface area contributed by atoms with Crippen LogP contribution in [-0.4, -0.2) is 44.9 Å². The number of carbonyl (C=O) groups excluding carboxylic acids is 2. The van der Waals surface area contributed by atoms with Crippen LogP contribution in [0.4, 0.5) is 0 Å². The number of rotatable bonds is 6. The largest absolute Gasteiger partial charge is 0.497 e. The highest BCUT2D eigenvalue weighted by atomic mass is 32.1. The molecule has 0 radical (unpaired) electrons. The Labute approximate surface area is 210 Å². The first-order chi connectivity index (χ1) is 17.3. The number of hydrogen-bond acceptors (Lipinski definition) is 9. The van der Waals surface area contributed by atoms with Crippen molar-refractivity contribution in [3.63, 3.8) is 0 Å². The average molecular weight is 509 g/mol. The van der Waals surface area contributed by atoms with Crippen LogP contribution in [0.1, 0.15) is 34.5 Å². The zero-order valence-corrected chi connectivity index (χ0v) is 21.2. The van der Waals surface area contributed by atoms with Gasteiger partial charge in [-0.15, -0.1) is 0 Å². The third-order valence-electron chi connectivity index (χ3n) is 5.80. The Morgan fingerprint density at radius 1 is 0.972 bits per heavy atom.